The summed E-state index contributed by atoms with van der Waals surface area (Å²) in [6.07, 6.45) is 0. The lowest BCUT2D eigenvalue weighted by Gasteiger charge is -2.15. The first-order valence-corrected chi connectivity index (χ1v) is 8.17. The highest BCUT2D eigenvalue weighted by Gasteiger charge is 2.20. The molecule has 0 aliphatic rings. The van der Waals surface area contributed by atoms with Gasteiger partial charge in [0.25, 0.3) is 0 Å². The molecule has 0 saturated heterocycles. The molecule has 7 nitrogen and oxygen atoms in total. The number of hydrogen-bond acceptors (Lipinski definition) is 6. The van der Waals surface area contributed by atoms with Crippen LogP contribution in [-0.4, -0.2) is 36.8 Å². The van der Waals surface area contributed by atoms with Crippen LogP contribution in [0.5, 0.6) is 0 Å². The van der Waals surface area contributed by atoms with Gasteiger partial charge in [0.1, 0.15) is 11.0 Å². The Labute approximate surface area is 134 Å². The molecule has 9 heteroatoms. The predicted octanol–water partition coefficient (Wildman–Crippen LogP) is 1.57. The maximum Gasteiger partial charge on any atom is 0.242 e. The van der Waals surface area contributed by atoms with Gasteiger partial charge in [-0.25, -0.2) is 17.7 Å². The molecule has 0 fully saturated rings. The topological polar surface area (TPSA) is 101 Å². The largest absolute Gasteiger partial charge is 0.368 e. The van der Waals surface area contributed by atoms with E-state index in [4.69, 9.17) is 17.3 Å². The lowest BCUT2D eigenvalue weighted by Crippen LogP contribution is -2.23. The summed E-state index contributed by atoms with van der Waals surface area (Å²) < 4.78 is 25.8. The average molecular weight is 342 g/mol. The first-order valence-electron chi connectivity index (χ1n) is 6.35. The normalized spacial score (nSPS) is 11.6. The Balaban J connectivity index is 2.28. The number of sulfonamides is 1. The van der Waals surface area contributed by atoms with Crippen molar-refractivity contribution in [1.82, 2.24) is 14.3 Å². The van der Waals surface area contributed by atoms with Crippen LogP contribution < -0.4 is 11.1 Å². The molecule has 0 spiro atoms. The third-order valence-corrected chi connectivity index (χ3v) is 5.01. The van der Waals surface area contributed by atoms with Gasteiger partial charge in [-0.2, -0.15) is 4.98 Å². The van der Waals surface area contributed by atoms with Gasteiger partial charge in [0.15, 0.2) is 0 Å². The summed E-state index contributed by atoms with van der Waals surface area (Å²) in [7, 11) is -0.537. The Bertz CT molecular complexity index is 759. The van der Waals surface area contributed by atoms with E-state index >= 15 is 0 Å². The van der Waals surface area contributed by atoms with Crippen molar-refractivity contribution >= 4 is 33.4 Å². The fourth-order valence-corrected chi connectivity index (χ4v) is 3.12. The van der Waals surface area contributed by atoms with Crippen molar-refractivity contribution in [3.63, 3.8) is 0 Å². The summed E-state index contributed by atoms with van der Waals surface area (Å²) in [4.78, 5) is 7.98. The smallest absolute Gasteiger partial charge is 0.242 e. The van der Waals surface area contributed by atoms with Gasteiger partial charge in [0, 0.05) is 26.7 Å². The molecule has 2 rings (SSSR count). The zero-order valence-corrected chi connectivity index (χ0v) is 13.7. The molecule has 0 bridgehead atoms. The van der Waals surface area contributed by atoms with Gasteiger partial charge in [-0.05, 0) is 11.6 Å². The van der Waals surface area contributed by atoms with Gasteiger partial charge < -0.3 is 11.1 Å². The van der Waals surface area contributed by atoms with E-state index in [0.29, 0.717) is 11.4 Å². The molecule has 118 valence electrons. The van der Waals surface area contributed by atoms with Crippen LogP contribution in [0.1, 0.15) is 5.56 Å². The Morgan fingerprint density at radius 1 is 1.27 bits per heavy atom. The maximum atomic E-state index is 12.3. The highest BCUT2D eigenvalue weighted by molar-refractivity contribution is 7.89. The molecular formula is C13H16ClN5O2S. The van der Waals surface area contributed by atoms with Crippen molar-refractivity contribution in [2.24, 2.45) is 0 Å². The minimum Gasteiger partial charge on any atom is -0.368 e. The average Bonchev–Trinajstić information content (AvgIpc) is 2.44. The number of rotatable bonds is 5. The fraction of sp³-hybridized carbons (Fsp3) is 0.231. The summed E-state index contributed by atoms with van der Waals surface area (Å²) in [5.41, 5.74) is 6.13. The van der Waals surface area contributed by atoms with Crippen LogP contribution in [0.3, 0.4) is 0 Å². The molecule has 3 N–H and O–H groups in total. The summed E-state index contributed by atoms with van der Waals surface area (Å²) in [6, 6.07) is 8.26. The molecule has 0 amide bonds. The van der Waals surface area contributed by atoms with Gasteiger partial charge in [0.2, 0.25) is 16.0 Å². The maximum absolute atomic E-state index is 12.3. The van der Waals surface area contributed by atoms with Gasteiger partial charge in [-0.15, -0.1) is 0 Å². The van der Waals surface area contributed by atoms with Crippen molar-refractivity contribution in [1.29, 1.82) is 0 Å². The molecule has 0 atom stereocenters. The zero-order chi connectivity index (χ0) is 16.3. The third kappa shape index (κ3) is 3.65. The standard InChI is InChI=1S/C13H16ClN5O2S/c1-19(2)22(20,21)10-6-4-3-5-9(10)8-16-12-7-11(14)17-13(15)18-12/h3-7H,8H2,1-2H3,(H3,15,16,17,18). The molecule has 1 heterocycles. The number of hydrogen-bond donors (Lipinski definition) is 2. The summed E-state index contributed by atoms with van der Waals surface area (Å²) in [6.45, 7) is 0.260. The molecule has 2 aromatic rings. The van der Waals surface area contributed by atoms with E-state index in [1.807, 2.05) is 0 Å². The lowest BCUT2D eigenvalue weighted by atomic mass is 10.2. The van der Waals surface area contributed by atoms with Crippen molar-refractivity contribution < 1.29 is 8.42 Å². The minimum atomic E-state index is -3.52. The van der Waals surface area contributed by atoms with Crippen LogP contribution >= 0.6 is 11.6 Å². The third-order valence-electron chi connectivity index (χ3n) is 2.90. The lowest BCUT2D eigenvalue weighted by molar-refractivity contribution is 0.520. The monoisotopic (exact) mass is 341 g/mol. The summed E-state index contributed by atoms with van der Waals surface area (Å²) >= 11 is 5.80. The second kappa shape index (κ2) is 6.47. The van der Waals surface area contributed by atoms with Gasteiger partial charge >= 0.3 is 0 Å². The Kier molecular flexibility index (Phi) is 4.84. The number of aromatic nitrogens is 2. The number of nitrogen functional groups attached to an aromatic ring is 1. The summed E-state index contributed by atoms with van der Waals surface area (Å²) in [5, 5.41) is 3.21. The van der Waals surface area contributed by atoms with Crippen molar-refractivity contribution in [2.45, 2.75) is 11.4 Å². The minimum absolute atomic E-state index is 0.0456. The van der Waals surface area contributed by atoms with E-state index in [1.165, 1.54) is 24.5 Å². The molecule has 0 radical (unpaired) electrons. The molecule has 1 aromatic heterocycles. The van der Waals surface area contributed by atoms with Gasteiger partial charge in [0.05, 0.1) is 4.90 Å². The van der Waals surface area contributed by atoms with E-state index in [-0.39, 0.29) is 22.5 Å². The van der Waals surface area contributed by atoms with Crippen molar-refractivity contribution in [3.05, 3.63) is 41.0 Å². The first-order chi connectivity index (χ1) is 10.3. The van der Waals surface area contributed by atoms with Crippen molar-refractivity contribution in [2.75, 3.05) is 25.1 Å². The van der Waals surface area contributed by atoms with E-state index in [2.05, 4.69) is 15.3 Å². The number of benzene rings is 1. The molecule has 0 aliphatic heterocycles. The Hall–Kier alpha value is -1.90. The van der Waals surface area contributed by atoms with Crippen molar-refractivity contribution in [3.8, 4) is 0 Å². The number of nitrogens with zero attached hydrogens (tertiary/aromatic N) is 3. The number of nitrogens with two attached hydrogens (primary N) is 1. The highest BCUT2D eigenvalue weighted by atomic mass is 35.5. The van der Waals surface area contributed by atoms with Crippen LogP contribution in [0, 0.1) is 0 Å². The highest BCUT2D eigenvalue weighted by Crippen LogP contribution is 2.20. The number of halogens is 1. The van der Waals surface area contributed by atoms with E-state index in [9.17, 15) is 8.42 Å². The van der Waals surface area contributed by atoms with E-state index in [0.717, 1.165) is 0 Å². The van der Waals surface area contributed by atoms with Crippen LogP contribution in [0.25, 0.3) is 0 Å². The van der Waals surface area contributed by atoms with Gasteiger partial charge in [-0.3, -0.25) is 0 Å². The molecule has 22 heavy (non-hydrogen) atoms. The van der Waals surface area contributed by atoms with Crippen LogP contribution in [-0.2, 0) is 16.6 Å². The molecular weight excluding hydrogens is 326 g/mol. The number of anilines is 2. The SMILES string of the molecule is CN(C)S(=O)(=O)c1ccccc1CNc1cc(Cl)nc(N)n1. The first kappa shape index (κ1) is 16.5. The van der Waals surface area contributed by atoms with Crippen LogP contribution in [0.4, 0.5) is 11.8 Å². The molecule has 0 saturated carbocycles. The van der Waals surface area contributed by atoms with E-state index < -0.39 is 10.0 Å². The second-order valence-electron chi connectivity index (χ2n) is 4.68. The Morgan fingerprint density at radius 2 is 1.95 bits per heavy atom. The Morgan fingerprint density at radius 3 is 2.59 bits per heavy atom. The predicted molar refractivity (Wildman–Crippen MR) is 86.1 cm³/mol. The summed E-state index contributed by atoms with van der Waals surface area (Å²) in [5.74, 6) is 0.471. The van der Waals surface area contributed by atoms with Gasteiger partial charge in [-0.1, -0.05) is 29.8 Å². The fourth-order valence-electron chi connectivity index (χ4n) is 1.81. The number of nitrogens with one attached hydrogen (secondary N) is 1. The van der Waals surface area contributed by atoms with Crippen LogP contribution in [0.15, 0.2) is 35.2 Å². The zero-order valence-electron chi connectivity index (χ0n) is 12.1. The van der Waals surface area contributed by atoms with E-state index in [1.54, 1.807) is 24.3 Å². The molecule has 0 aliphatic carbocycles. The quantitative estimate of drug-likeness (QED) is 0.800. The molecule has 1 aromatic carbocycles. The second-order valence-corrected chi connectivity index (χ2v) is 7.19. The van der Waals surface area contributed by atoms with Crippen LogP contribution in [0.2, 0.25) is 5.15 Å². The molecule has 0 unspecified atom stereocenters.